The van der Waals surface area contributed by atoms with Crippen LogP contribution in [-0.2, 0) is 49.5 Å². The summed E-state index contributed by atoms with van der Waals surface area (Å²) < 4.78 is 42.2. The Hall–Kier alpha value is -8.99. The third-order valence-electron chi connectivity index (χ3n) is 25.9. The van der Waals surface area contributed by atoms with E-state index in [-0.39, 0.29) is 115 Å². The minimum Gasteiger partial charge on any atom is -0.474 e. The highest BCUT2D eigenvalue weighted by atomic mass is 32.1. The molecule has 8 heterocycles. The molecule has 0 unspecified atom stereocenters. The summed E-state index contributed by atoms with van der Waals surface area (Å²) in [6, 6.07) is 0. The summed E-state index contributed by atoms with van der Waals surface area (Å²) in [6.07, 6.45) is 28.3. The number of aryl methyl sites for hydroxylation is 4. The Labute approximate surface area is 759 Å². The first kappa shape index (κ1) is 99.2. The number of nitrogens with zero attached hydrogens (tertiary/aromatic N) is 12. The topological polar surface area (TPSA) is 365 Å². The van der Waals surface area contributed by atoms with E-state index in [2.05, 4.69) is 87.9 Å². The predicted octanol–water partition coefficient (Wildman–Crippen LogP) is 19.2. The molecular weight excluding hydrogens is 1680 g/mol. The zero-order valence-electron chi connectivity index (χ0n) is 75.2. The van der Waals surface area contributed by atoms with Crippen LogP contribution in [-0.4, -0.2) is 190 Å². The number of aliphatic hydroxyl groups excluding tert-OH is 1. The molecule has 8 aromatic rings. The average molecular weight is 1810 g/mol. The highest BCUT2D eigenvalue weighted by molar-refractivity contribution is 7.20. The number of thiophene rings is 4. The van der Waals surface area contributed by atoms with Crippen molar-refractivity contribution in [1.82, 2.24) is 60.3 Å². The molecule has 8 aliphatic rings. The summed E-state index contributed by atoms with van der Waals surface area (Å²) >= 11 is 6.79. The maximum absolute atomic E-state index is 12.6. The van der Waals surface area contributed by atoms with Crippen molar-refractivity contribution >= 4 is 116 Å². The number of fused-ring (bicyclic) bond motifs is 12. The number of nitrogens with two attached hydrogens (primary N) is 2. The molecule has 0 radical (unpaired) electrons. The number of rotatable bonds is 18. The second kappa shape index (κ2) is 41.2. The van der Waals surface area contributed by atoms with Crippen molar-refractivity contribution in [2.24, 2.45) is 11.5 Å². The van der Waals surface area contributed by atoms with Crippen molar-refractivity contribution in [3.8, 4) is 23.5 Å². The van der Waals surface area contributed by atoms with E-state index in [1.54, 1.807) is 80.5 Å². The number of carbonyl (C=O) groups is 5. The Morgan fingerprint density at radius 3 is 0.960 bits per heavy atom. The van der Waals surface area contributed by atoms with Crippen molar-refractivity contribution in [3.63, 3.8) is 0 Å². The van der Waals surface area contributed by atoms with Crippen molar-refractivity contribution in [2.75, 3.05) is 41.3 Å². The van der Waals surface area contributed by atoms with Gasteiger partial charge in [0.1, 0.15) is 85.8 Å². The van der Waals surface area contributed by atoms with Gasteiger partial charge in [0.25, 0.3) is 0 Å². The zero-order valence-corrected chi connectivity index (χ0v) is 78.5. The fourth-order valence-corrected chi connectivity index (χ4v) is 23.6. The number of hydrogen-bond donors (Lipinski definition) is 5. The molecule has 4 atom stereocenters. The number of hydrogen-bond acceptors (Lipinski definition) is 26. The molecule has 0 aromatic carbocycles. The Morgan fingerprint density at radius 1 is 0.437 bits per heavy atom. The Morgan fingerprint density at radius 2 is 0.698 bits per heavy atom. The number of ether oxygens (including phenoxy) is 7. The fraction of sp³-hybridized carbons (Fsp3) is 0.667. The van der Waals surface area contributed by atoms with Crippen LogP contribution < -0.4 is 41.0 Å². The number of aliphatic hydroxyl groups is 1. The molecule has 8 aromatic heterocycles. The van der Waals surface area contributed by atoms with E-state index in [1.165, 1.54) is 36.2 Å². The van der Waals surface area contributed by atoms with E-state index < -0.39 is 16.8 Å². The minimum atomic E-state index is -0.520. The number of nitrogens with one attached hydrogen (secondary N) is 2. The maximum atomic E-state index is 12.6. The molecule has 0 bridgehead atoms. The molecule has 0 spiro atoms. The van der Waals surface area contributed by atoms with Gasteiger partial charge in [-0.25, -0.2) is 67.4 Å². The lowest BCUT2D eigenvalue weighted by Gasteiger charge is -2.43. The van der Waals surface area contributed by atoms with E-state index in [4.69, 9.17) is 62.9 Å². The molecule has 7 N–H and O–H groups in total. The lowest BCUT2D eigenvalue weighted by atomic mass is 9.81. The first-order valence-corrected chi connectivity index (χ1v) is 47.0. The smallest absolute Gasteiger partial charge is 0.410 e. The van der Waals surface area contributed by atoms with Crippen molar-refractivity contribution in [2.45, 2.75) is 359 Å². The third kappa shape index (κ3) is 23.5. The zero-order chi connectivity index (χ0) is 89.6. The van der Waals surface area contributed by atoms with Crippen molar-refractivity contribution in [1.29, 1.82) is 0 Å². The quantitative estimate of drug-likeness (QED) is 0.0393. The van der Waals surface area contributed by atoms with E-state index in [9.17, 15) is 24.0 Å². The van der Waals surface area contributed by atoms with Crippen LogP contribution in [0.4, 0.5) is 14.4 Å². The maximum Gasteiger partial charge on any atom is 0.410 e. The largest absolute Gasteiger partial charge is 0.474 e. The first-order chi connectivity index (χ1) is 58.7. The van der Waals surface area contributed by atoms with E-state index >= 15 is 0 Å². The molecule has 0 aliphatic heterocycles. The van der Waals surface area contributed by atoms with Crippen LogP contribution in [0.15, 0.2) is 25.3 Å². The normalized spacial score (nSPS) is 25.1. The van der Waals surface area contributed by atoms with Crippen LogP contribution in [0.1, 0.15) is 312 Å². The molecule has 29 nitrogen and oxygen atoms in total. The minimum absolute atomic E-state index is 0. The first-order valence-electron chi connectivity index (χ1n) is 43.8. The van der Waals surface area contributed by atoms with Gasteiger partial charge in [0.15, 0.2) is 0 Å². The lowest BCUT2D eigenvalue weighted by Crippen LogP contribution is -2.51. The Balaban J connectivity index is 0.000000174. The second-order valence-electron chi connectivity index (χ2n) is 38.5. The van der Waals surface area contributed by atoms with Gasteiger partial charge in [0.2, 0.25) is 48.4 Å². The van der Waals surface area contributed by atoms with Gasteiger partial charge in [-0.1, -0.05) is 14.9 Å². The SMILES string of the molecule is C.C.CN(C(=O)OC(C)(C)C)C1(C)CCC(Oc2ncnc3sc4c(c23)[C@@H](CC(N)=O)CC4)CC1.CNC1(C)CCC(Oc2ncnc3sc4c(c23)[C@@H](CC(N)=O)CC4)CC1.CO.[C-]#[N+]C[C@H]1CCc2sc3ncnc(OC4CCC(C)(N(C)C(=O)OC(C)(C)C)CC4)c3c21.[C-]#[N+]C[C@H]1CCc2sc3ncnc(OC4CCC(C)(NC(=O)OC(C)(C)C)CC4)c3c21. The predicted molar refractivity (Wildman–Crippen MR) is 498 cm³/mol. The third-order valence-corrected chi connectivity index (χ3v) is 30.6. The Bertz CT molecular complexity index is 5210. The van der Waals surface area contributed by atoms with Crippen LogP contribution >= 0.6 is 45.3 Å². The summed E-state index contributed by atoms with van der Waals surface area (Å²) in [7, 11) is 6.68. The highest BCUT2D eigenvalue weighted by Crippen LogP contribution is 2.53. The molecule has 0 saturated heterocycles. The van der Waals surface area contributed by atoms with Crippen molar-refractivity contribution < 1.29 is 62.2 Å². The highest BCUT2D eigenvalue weighted by Gasteiger charge is 2.45. The summed E-state index contributed by atoms with van der Waals surface area (Å²) in [5, 5.41) is 17.4. The Kier molecular flexibility index (Phi) is 32.4. The van der Waals surface area contributed by atoms with Crippen LogP contribution in [0.2, 0.25) is 0 Å². The molecule has 5 amide bonds. The standard InChI is InChI=1S/C24H34N4O4S.C24H32N4O3S.C23H30N4O3S.C19H26N4O2S.CH4O.2CH4/c1-23(2,3)32-22(30)28(5)24(4)10-8-15(9-11-24)31-20-19-18-14(12-17(25)29)6-7-16(18)33-21(19)27-13-26-20;1-23(2,3)31-22(29)28(6)24(4)11-9-16(10-12-24)30-20-19-18-15(13-25-5)7-8-17(18)32-21(19)27-14-26-20;1-22(2,3)30-21(28)27-23(4)10-8-15(9-11-23)29-19-18-17-14(12-24-5)6-7-16(17)31-20(18)26-13-25-19;1-19(21-2)7-5-12(6-8-19)25-17-16-15-11(9-14(20)24)3-4-13(15)26-18(16)23-10-22-17;1-2;;/h13-15H,6-12H2,1-5H3,(H2,25,29);14-16H,7-13H2,1-4,6H3;13-15H,6-12H2,1-4H3,(H,27,28);10-12,21H,3-9H2,1-2H3,(H2,20,24);2H,1H3;2*1H4/t14-,15?,24?;15-,16?,24?;14-,15?,23?;11-,12?,19?;;;/m1111.../s1. The van der Waals surface area contributed by atoms with Gasteiger partial charge in [0, 0.05) is 75.7 Å². The molecule has 16 rings (SSSR count). The molecule has 33 heteroatoms. The van der Waals surface area contributed by atoms with Crippen LogP contribution in [0.5, 0.6) is 23.5 Å². The van der Waals surface area contributed by atoms with Gasteiger partial charge >= 0.3 is 18.3 Å². The van der Waals surface area contributed by atoms with Gasteiger partial charge in [-0.05, 0) is 285 Å². The van der Waals surface area contributed by atoms with E-state index in [0.717, 1.165) is 208 Å². The molecule has 4 saturated carbocycles. The van der Waals surface area contributed by atoms with Gasteiger partial charge in [0.05, 0.1) is 33.4 Å². The number of primary amides is 2. The van der Waals surface area contributed by atoms with E-state index in [0.29, 0.717) is 49.5 Å². The number of alkyl carbamates (subject to hydrolysis) is 1. The van der Waals surface area contributed by atoms with Crippen LogP contribution in [0, 0.1) is 13.1 Å². The monoisotopic (exact) mass is 1810 g/mol. The summed E-state index contributed by atoms with van der Waals surface area (Å²) in [4.78, 5) is 116. The van der Waals surface area contributed by atoms with Gasteiger partial charge in [-0.3, -0.25) is 9.59 Å². The van der Waals surface area contributed by atoms with Gasteiger partial charge in [-0.2, -0.15) is 0 Å². The number of amides is 5. The molecule has 4 fully saturated rings. The van der Waals surface area contributed by atoms with Crippen LogP contribution in [0.3, 0.4) is 0 Å². The van der Waals surface area contributed by atoms with E-state index in [1.807, 2.05) is 83.5 Å². The molecule has 8 aliphatic carbocycles. The number of carbonyl (C=O) groups excluding carboxylic acids is 5. The lowest BCUT2D eigenvalue weighted by molar-refractivity contribution is -0.119. The number of aromatic nitrogens is 8. The summed E-state index contributed by atoms with van der Waals surface area (Å²) in [5.41, 5.74) is 13.6. The molecule has 126 heavy (non-hydrogen) atoms. The van der Waals surface area contributed by atoms with Gasteiger partial charge < -0.3 is 79.9 Å². The second-order valence-corrected chi connectivity index (χ2v) is 42.8. The molecular formula is C93H134N16O13S4. The van der Waals surface area contributed by atoms with Gasteiger partial charge in [-0.15, -0.1) is 45.3 Å². The summed E-state index contributed by atoms with van der Waals surface area (Å²) in [6.45, 7) is 41.1. The molecule has 688 valence electrons. The summed E-state index contributed by atoms with van der Waals surface area (Å²) in [5.74, 6) is 2.83. The average Bonchev–Trinajstić information content (AvgIpc) is 1.61. The van der Waals surface area contributed by atoms with Crippen molar-refractivity contribution in [3.05, 3.63) is 89.9 Å². The fourth-order valence-electron chi connectivity index (χ4n) is 18.7. The van der Waals surface area contributed by atoms with Crippen LogP contribution in [0.25, 0.3) is 50.6 Å².